The molecule has 0 amide bonds. The van der Waals surface area contributed by atoms with Crippen molar-refractivity contribution in [2.75, 3.05) is 19.8 Å². The number of nitrogens with one attached hydrogen (secondary N) is 1. The molecule has 1 saturated carbocycles. The predicted octanol–water partition coefficient (Wildman–Crippen LogP) is 4.57. The van der Waals surface area contributed by atoms with Gasteiger partial charge in [0.05, 0.1) is 0 Å². The molecular formula is C15H21BrClNO. The average Bonchev–Trinajstić information content (AvgIpc) is 3.17. The third-order valence-corrected chi connectivity index (χ3v) is 4.22. The summed E-state index contributed by atoms with van der Waals surface area (Å²) in [6.07, 6.45) is 3.76. The summed E-state index contributed by atoms with van der Waals surface area (Å²) in [6.45, 7) is 4.90. The molecule has 106 valence electrons. The van der Waals surface area contributed by atoms with Gasteiger partial charge in [-0.25, -0.2) is 0 Å². The zero-order valence-corrected chi connectivity index (χ0v) is 13.6. The highest BCUT2D eigenvalue weighted by Gasteiger charge is 2.20. The van der Waals surface area contributed by atoms with Crippen molar-refractivity contribution in [1.29, 1.82) is 0 Å². The molecule has 0 saturated heterocycles. The van der Waals surface area contributed by atoms with Crippen LogP contribution in [-0.4, -0.2) is 19.8 Å². The zero-order valence-electron chi connectivity index (χ0n) is 11.3. The molecule has 0 aliphatic heterocycles. The highest BCUT2D eigenvalue weighted by molar-refractivity contribution is 9.10. The monoisotopic (exact) mass is 345 g/mol. The number of rotatable bonds is 8. The Kier molecular flexibility index (Phi) is 6.14. The summed E-state index contributed by atoms with van der Waals surface area (Å²) in [6, 6.07) is 6.30. The summed E-state index contributed by atoms with van der Waals surface area (Å²) < 4.78 is 6.63. The minimum atomic E-state index is 0.268. The van der Waals surface area contributed by atoms with E-state index in [2.05, 4.69) is 34.2 Å². The Labute approximate surface area is 129 Å². The summed E-state index contributed by atoms with van der Waals surface area (Å²) in [5.74, 6) is 0.855. The Morgan fingerprint density at radius 3 is 2.95 bits per heavy atom. The van der Waals surface area contributed by atoms with Gasteiger partial charge in [0.1, 0.15) is 0 Å². The minimum absolute atomic E-state index is 0.268. The van der Waals surface area contributed by atoms with Crippen molar-refractivity contribution >= 4 is 27.5 Å². The van der Waals surface area contributed by atoms with E-state index >= 15 is 0 Å². The number of benzene rings is 1. The van der Waals surface area contributed by atoms with Crippen LogP contribution in [0, 0.1) is 5.92 Å². The number of ether oxygens (including phenoxy) is 1. The van der Waals surface area contributed by atoms with E-state index in [1.165, 1.54) is 12.8 Å². The summed E-state index contributed by atoms with van der Waals surface area (Å²) in [7, 11) is 0. The fraction of sp³-hybridized carbons (Fsp3) is 0.600. The largest absolute Gasteiger partial charge is 0.381 e. The lowest BCUT2D eigenvalue weighted by molar-refractivity contribution is 0.121. The maximum atomic E-state index is 6.23. The Balaban J connectivity index is 1.63. The van der Waals surface area contributed by atoms with E-state index in [1.807, 2.05) is 12.1 Å². The Bertz CT molecular complexity index is 409. The molecule has 1 aliphatic carbocycles. The molecule has 1 aliphatic rings. The van der Waals surface area contributed by atoms with Gasteiger partial charge in [0.25, 0.3) is 0 Å². The topological polar surface area (TPSA) is 21.3 Å². The van der Waals surface area contributed by atoms with E-state index < -0.39 is 0 Å². The van der Waals surface area contributed by atoms with Gasteiger partial charge in [0, 0.05) is 28.8 Å². The standard InChI is InChI=1S/C15H21BrClNO/c1-11(14-6-5-13(16)9-15(14)17)18-7-2-8-19-10-12-3-4-12/h5-6,9,11-12,18H,2-4,7-8,10H2,1H3. The molecule has 2 rings (SSSR count). The fourth-order valence-corrected chi connectivity index (χ4v) is 2.83. The lowest BCUT2D eigenvalue weighted by Gasteiger charge is -2.16. The average molecular weight is 347 g/mol. The summed E-state index contributed by atoms with van der Waals surface area (Å²) in [5, 5.41) is 4.29. The number of halogens is 2. The second-order valence-corrected chi connectivity index (χ2v) is 6.54. The van der Waals surface area contributed by atoms with Crippen molar-refractivity contribution in [3.05, 3.63) is 33.3 Å². The molecule has 0 bridgehead atoms. The van der Waals surface area contributed by atoms with Crippen LogP contribution >= 0.6 is 27.5 Å². The quantitative estimate of drug-likeness (QED) is 0.696. The molecule has 1 aromatic carbocycles. The van der Waals surface area contributed by atoms with E-state index in [1.54, 1.807) is 0 Å². The Morgan fingerprint density at radius 2 is 2.26 bits per heavy atom. The smallest absolute Gasteiger partial charge is 0.0494 e. The molecule has 4 heteroatoms. The first-order valence-electron chi connectivity index (χ1n) is 6.93. The van der Waals surface area contributed by atoms with Crippen molar-refractivity contribution in [3.8, 4) is 0 Å². The molecule has 1 N–H and O–H groups in total. The van der Waals surface area contributed by atoms with Gasteiger partial charge in [-0.1, -0.05) is 33.6 Å². The first-order valence-corrected chi connectivity index (χ1v) is 8.10. The number of hydrogen-bond donors (Lipinski definition) is 1. The molecular weight excluding hydrogens is 326 g/mol. The summed E-state index contributed by atoms with van der Waals surface area (Å²) in [5.41, 5.74) is 1.14. The molecule has 1 atom stereocenters. The van der Waals surface area contributed by atoms with Gasteiger partial charge in [-0.15, -0.1) is 0 Å². The molecule has 0 spiro atoms. The molecule has 1 aromatic rings. The molecule has 0 aromatic heterocycles. The minimum Gasteiger partial charge on any atom is -0.381 e. The lowest BCUT2D eigenvalue weighted by Crippen LogP contribution is -2.21. The molecule has 1 fully saturated rings. The van der Waals surface area contributed by atoms with Crippen molar-refractivity contribution in [2.45, 2.75) is 32.2 Å². The molecule has 1 unspecified atom stereocenters. The van der Waals surface area contributed by atoms with Crippen LogP contribution in [0.5, 0.6) is 0 Å². The van der Waals surface area contributed by atoms with Gasteiger partial charge in [0.2, 0.25) is 0 Å². The van der Waals surface area contributed by atoms with Crippen LogP contribution in [0.4, 0.5) is 0 Å². The second kappa shape index (κ2) is 7.63. The Hall–Kier alpha value is -0.0900. The predicted molar refractivity (Wildman–Crippen MR) is 83.7 cm³/mol. The van der Waals surface area contributed by atoms with Crippen LogP contribution in [0.15, 0.2) is 22.7 Å². The zero-order chi connectivity index (χ0) is 13.7. The van der Waals surface area contributed by atoms with Crippen molar-refractivity contribution in [2.24, 2.45) is 5.92 Å². The van der Waals surface area contributed by atoms with Crippen LogP contribution < -0.4 is 5.32 Å². The van der Waals surface area contributed by atoms with Crippen LogP contribution in [0.2, 0.25) is 5.02 Å². The highest BCUT2D eigenvalue weighted by Crippen LogP contribution is 2.28. The van der Waals surface area contributed by atoms with Crippen molar-refractivity contribution in [1.82, 2.24) is 5.32 Å². The van der Waals surface area contributed by atoms with Crippen LogP contribution in [-0.2, 0) is 4.74 Å². The first-order chi connectivity index (χ1) is 9.16. The van der Waals surface area contributed by atoms with Gasteiger partial charge in [-0.2, -0.15) is 0 Å². The maximum absolute atomic E-state index is 6.23. The Morgan fingerprint density at radius 1 is 1.47 bits per heavy atom. The third-order valence-electron chi connectivity index (χ3n) is 3.40. The van der Waals surface area contributed by atoms with Gasteiger partial charge in [-0.05, 0) is 56.3 Å². The van der Waals surface area contributed by atoms with E-state index in [9.17, 15) is 0 Å². The molecule has 2 nitrogen and oxygen atoms in total. The van der Waals surface area contributed by atoms with Crippen LogP contribution in [0.25, 0.3) is 0 Å². The van der Waals surface area contributed by atoms with Crippen molar-refractivity contribution in [3.63, 3.8) is 0 Å². The second-order valence-electron chi connectivity index (χ2n) is 5.21. The maximum Gasteiger partial charge on any atom is 0.0494 e. The van der Waals surface area contributed by atoms with Crippen LogP contribution in [0.1, 0.15) is 37.8 Å². The van der Waals surface area contributed by atoms with E-state index in [0.717, 1.165) is 47.2 Å². The normalized spacial score (nSPS) is 16.6. The van der Waals surface area contributed by atoms with Crippen LogP contribution in [0.3, 0.4) is 0 Å². The summed E-state index contributed by atoms with van der Waals surface area (Å²) >= 11 is 9.66. The molecule has 19 heavy (non-hydrogen) atoms. The van der Waals surface area contributed by atoms with E-state index in [-0.39, 0.29) is 6.04 Å². The lowest BCUT2D eigenvalue weighted by atomic mass is 10.1. The summed E-state index contributed by atoms with van der Waals surface area (Å²) in [4.78, 5) is 0. The van der Waals surface area contributed by atoms with Crippen molar-refractivity contribution < 1.29 is 4.74 Å². The first kappa shape index (κ1) is 15.3. The number of hydrogen-bond acceptors (Lipinski definition) is 2. The fourth-order valence-electron chi connectivity index (χ4n) is 1.99. The van der Waals surface area contributed by atoms with Gasteiger partial charge < -0.3 is 10.1 Å². The van der Waals surface area contributed by atoms with E-state index in [0.29, 0.717) is 0 Å². The highest BCUT2D eigenvalue weighted by atomic mass is 79.9. The van der Waals surface area contributed by atoms with Gasteiger partial charge in [-0.3, -0.25) is 0 Å². The SMILES string of the molecule is CC(NCCCOCC1CC1)c1ccc(Br)cc1Cl. The molecule has 0 heterocycles. The molecule has 0 radical (unpaired) electrons. The van der Waals surface area contributed by atoms with Gasteiger partial charge >= 0.3 is 0 Å². The van der Waals surface area contributed by atoms with E-state index in [4.69, 9.17) is 16.3 Å². The van der Waals surface area contributed by atoms with Gasteiger partial charge in [0.15, 0.2) is 0 Å². The third kappa shape index (κ3) is 5.42.